The first-order valence-corrected chi connectivity index (χ1v) is 6.11. The van der Waals surface area contributed by atoms with Gasteiger partial charge in [0.15, 0.2) is 0 Å². The molecular weight excluding hydrogens is 172 g/mol. The summed E-state index contributed by atoms with van der Waals surface area (Å²) in [7, 11) is 0. The van der Waals surface area contributed by atoms with Gasteiger partial charge in [0.1, 0.15) is 5.78 Å². The molecule has 0 spiro atoms. The first kappa shape index (κ1) is 8.70. The third-order valence-electron chi connectivity index (χ3n) is 4.35. The minimum absolute atomic E-state index is 0.374. The van der Waals surface area contributed by atoms with Gasteiger partial charge in [-0.05, 0) is 44.4 Å². The fourth-order valence-corrected chi connectivity index (χ4v) is 3.70. The highest BCUT2D eigenvalue weighted by Crippen LogP contribution is 2.46. The number of hydrogen-bond acceptors (Lipinski definition) is 1. The van der Waals surface area contributed by atoms with Crippen LogP contribution in [0.3, 0.4) is 0 Å². The Morgan fingerprint density at radius 1 is 0.929 bits per heavy atom. The van der Waals surface area contributed by atoms with E-state index in [1.54, 1.807) is 11.1 Å². The summed E-state index contributed by atoms with van der Waals surface area (Å²) in [6.45, 7) is 0. The lowest BCUT2D eigenvalue weighted by Crippen LogP contribution is -2.27. The van der Waals surface area contributed by atoms with E-state index in [-0.39, 0.29) is 0 Å². The van der Waals surface area contributed by atoms with E-state index >= 15 is 0 Å². The zero-order valence-electron chi connectivity index (χ0n) is 8.72. The molecule has 0 bridgehead atoms. The second-order valence-corrected chi connectivity index (χ2v) is 5.11. The number of allylic oxidation sites excluding steroid dienone is 2. The molecule has 3 rings (SSSR count). The molecular formula is C13H18O. The maximum Gasteiger partial charge on any atom is 0.140 e. The maximum absolute atomic E-state index is 11.9. The quantitative estimate of drug-likeness (QED) is 0.536. The number of fused-ring (bicyclic) bond motifs is 2. The molecule has 0 radical (unpaired) electrons. The fourth-order valence-electron chi connectivity index (χ4n) is 3.70. The number of ketones is 1. The average molecular weight is 190 g/mol. The van der Waals surface area contributed by atoms with Gasteiger partial charge in [-0.25, -0.2) is 0 Å². The number of carbonyl (C=O) groups is 1. The smallest absolute Gasteiger partial charge is 0.140 e. The van der Waals surface area contributed by atoms with E-state index in [0.29, 0.717) is 17.6 Å². The molecule has 0 aliphatic heterocycles. The number of rotatable bonds is 0. The van der Waals surface area contributed by atoms with Gasteiger partial charge in [-0.1, -0.05) is 17.6 Å². The highest BCUT2D eigenvalue weighted by molar-refractivity contribution is 5.86. The summed E-state index contributed by atoms with van der Waals surface area (Å²) in [6.07, 6.45) is 9.86. The van der Waals surface area contributed by atoms with Crippen LogP contribution in [0.15, 0.2) is 11.1 Å². The Morgan fingerprint density at radius 2 is 1.79 bits per heavy atom. The van der Waals surface area contributed by atoms with Crippen LogP contribution in [0.5, 0.6) is 0 Å². The van der Waals surface area contributed by atoms with Crippen LogP contribution in [-0.4, -0.2) is 5.78 Å². The largest absolute Gasteiger partial charge is 0.299 e. The zero-order valence-corrected chi connectivity index (χ0v) is 8.72. The van der Waals surface area contributed by atoms with Crippen molar-refractivity contribution in [1.29, 1.82) is 0 Å². The van der Waals surface area contributed by atoms with Crippen molar-refractivity contribution in [3.8, 4) is 0 Å². The molecule has 0 amide bonds. The Kier molecular flexibility index (Phi) is 2.00. The summed E-state index contributed by atoms with van der Waals surface area (Å²) in [5.41, 5.74) is 3.31. The fraction of sp³-hybridized carbons (Fsp3) is 0.769. The molecule has 0 N–H and O–H groups in total. The minimum Gasteiger partial charge on any atom is -0.299 e. The summed E-state index contributed by atoms with van der Waals surface area (Å²) in [5.74, 6) is 1.60. The van der Waals surface area contributed by atoms with Crippen molar-refractivity contribution < 1.29 is 4.79 Å². The van der Waals surface area contributed by atoms with Crippen molar-refractivity contribution in [2.75, 3.05) is 0 Å². The number of carbonyl (C=O) groups excluding carboxylic acids is 1. The molecule has 0 heterocycles. The molecule has 2 fully saturated rings. The van der Waals surface area contributed by atoms with Crippen molar-refractivity contribution in [3.63, 3.8) is 0 Å². The van der Waals surface area contributed by atoms with Gasteiger partial charge in [-0.15, -0.1) is 0 Å². The minimum atomic E-state index is 0.374. The molecule has 0 saturated heterocycles. The third kappa shape index (κ3) is 1.18. The van der Waals surface area contributed by atoms with E-state index in [2.05, 4.69) is 0 Å². The lowest BCUT2D eigenvalue weighted by Gasteiger charge is -2.33. The van der Waals surface area contributed by atoms with Crippen LogP contribution < -0.4 is 0 Å². The van der Waals surface area contributed by atoms with Gasteiger partial charge in [0, 0.05) is 12.3 Å². The van der Waals surface area contributed by atoms with E-state index in [4.69, 9.17) is 0 Å². The van der Waals surface area contributed by atoms with Crippen molar-refractivity contribution in [2.45, 2.75) is 51.4 Å². The summed E-state index contributed by atoms with van der Waals surface area (Å²) in [4.78, 5) is 11.9. The molecule has 2 unspecified atom stereocenters. The van der Waals surface area contributed by atoms with Crippen LogP contribution in [0.1, 0.15) is 51.4 Å². The van der Waals surface area contributed by atoms with E-state index in [1.807, 2.05) is 0 Å². The Bertz CT molecular complexity index is 300. The molecule has 2 saturated carbocycles. The topological polar surface area (TPSA) is 17.1 Å². The summed E-state index contributed by atoms with van der Waals surface area (Å²) in [5, 5.41) is 0. The maximum atomic E-state index is 11.9. The monoisotopic (exact) mass is 190 g/mol. The van der Waals surface area contributed by atoms with E-state index in [1.165, 1.54) is 38.5 Å². The average Bonchev–Trinajstić information content (AvgIpc) is 2.67. The van der Waals surface area contributed by atoms with Gasteiger partial charge in [0.25, 0.3) is 0 Å². The van der Waals surface area contributed by atoms with Crippen molar-refractivity contribution in [2.24, 2.45) is 11.8 Å². The van der Waals surface area contributed by atoms with Gasteiger partial charge >= 0.3 is 0 Å². The predicted octanol–water partition coefficient (Wildman–Crippen LogP) is 3.25. The zero-order chi connectivity index (χ0) is 9.54. The van der Waals surface area contributed by atoms with Crippen LogP contribution in [0.4, 0.5) is 0 Å². The molecule has 3 aliphatic carbocycles. The normalized spacial score (nSPS) is 37.0. The van der Waals surface area contributed by atoms with Crippen molar-refractivity contribution in [1.82, 2.24) is 0 Å². The molecule has 0 aromatic carbocycles. The number of hydrogen-bond donors (Lipinski definition) is 0. The van der Waals surface area contributed by atoms with Crippen LogP contribution in [0.2, 0.25) is 0 Å². The Labute approximate surface area is 85.6 Å². The summed E-state index contributed by atoms with van der Waals surface area (Å²) < 4.78 is 0. The molecule has 76 valence electrons. The second-order valence-electron chi connectivity index (χ2n) is 5.11. The summed E-state index contributed by atoms with van der Waals surface area (Å²) in [6, 6.07) is 0. The molecule has 1 heteroatoms. The predicted molar refractivity (Wildman–Crippen MR) is 55.9 cm³/mol. The Hall–Kier alpha value is -0.590. The standard InChI is InChI=1S/C13H18O/c14-13-8-9-4-1-2-5-10(9)11-6-3-7-12(11)13/h9,12H,1-8H2. The van der Waals surface area contributed by atoms with E-state index in [0.717, 1.165) is 12.8 Å². The van der Waals surface area contributed by atoms with Gasteiger partial charge in [0.05, 0.1) is 0 Å². The molecule has 2 atom stereocenters. The molecule has 14 heavy (non-hydrogen) atoms. The molecule has 0 aromatic heterocycles. The third-order valence-corrected chi connectivity index (χ3v) is 4.35. The molecule has 1 nitrogen and oxygen atoms in total. The van der Waals surface area contributed by atoms with Gasteiger partial charge < -0.3 is 0 Å². The molecule has 3 aliphatic rings. The van der Waals surface area contributed by atoms with Crippen LogP contribution in [0.25, 0.3) is 0 Å². The van der Waals surface area contributed by atoms with Crippen molar-refractivity contribution >= 4 is 5.78 Å². The lowest BCUT2D eigenvalue weighted by molar-refractivity contribution is -0.123. The van der Waals surface area contributed by atoms with E-state index < -0.39 is 0 Å². The van der Waals surface area contributed by atoms with Gasteiger partial charge in [0.2, 0.25) is 0 Å². The Morgan fingerprint density at radius 3 is 2.71 bits per heavy atom. The summed E-state index contributed by atoms with van der Waals surface area (Å²) >= 11 is 0. The number of Topliss-reactive ketones (excluding diaryl/α,β-unsaturated/α-hetero) is 1. The van der Waals surface area contributed by atoms with Crippen molar-refractivity contribution in [3.05, 3.63) is 11.1 Å². The van der Waals surface area contributed by atoms with Gasteiger partial charge in [-0.2, -0.15) is 0 Å². The highest BCUT2D eigenvalue weighted by Gasteiger charge is 2.38. The van der Waals surface area contributed by atoms with Crippen LogP contribution >= 0.6 is 0 Å². The Balaban J connectivity index is 2.00. The van der Waals surface area contributed by atoms with Crippen LogP contribution in [0, 0.1) is 11.8 Å². The lowest BCUT2D eigenvalue weighted by atomic mass is 9.71. The first-order valence-electron chi connectivity index (χ1n) is 6.11. The van der Waals surface area contributed by atoms with E-state index in [9.17, 15) is 4.79 Å². The molecule has 0 aromatic rings. The first-order chi connectivity index (χ1) is 6.86. The second kappa shape index (κ2) is 3.22. The SMILES string of the molecule is O=C1CC2CCCCC2=C2CCCC12. The highest BCUT2D eigenvalue weighted by atomic mass is 16.1. The van der Waals surface area contributed by atoms with Gasteiger partial charge in [-0.3, -0.25) is 4.79 Å². The van der Waals surface area contributed by atoms with Crippen LogP contribution in [-0.2, 0) is 4.79 Å².